The molecular weight excluding hydrogens is 418 g/mol. The zero-order chi connectivity index (χ0) is 23.6. The number of benzene rings is 1. The van der Waals surface area contributed by atoms with Gasteiger partial charge in [0.25, 0.3) is 0 Å². The average Bonchev–Trinajstić information content (AvgIpc) is 2.73. The Morgan fingerprint density at radius 3 is 2.03 bits per heavy atom. The molecule has 0 aliphatic heterocycles. The van der Waals surface area contributed by atoms with Crippen molar-refractivity contribution in [1.29, 1.82) is 0 Å². The molecule has 0 amide bonds. The highest BCUT2D eigenvalue weighted by Gasteiger charge is 2.12. The number of carboxylic acid groups (broad SMARTS) is 2. The van der Waals surface area contributed by atoms with Gasteiger partial charge in [-0.15, -0.1) is 11.8 Å². The van der Waals surface area contributed by atoms with Crippen molar-refractivity contribution in [2.75, 3.05) is 40.6 Å². The van der Waals surface area contributed by atoms with E-state index in [9.17, 15) is 9.59 Å². The third kappa shape index (κ3) is 14.4. The van der Waals surface area contributed by atoms with Crippen LogP contribution < -0.4 is 9.47 Å². The summed E-state index contributed by atoms with van der Waals surface area (Å²) in [7, 11) is 7.68. The van der Waals surface area contributed by atoms with E-state index >= 15 is 0 Å². The molecule has 0 bridgehead atoms. The molecule has 1 rings (SSSR count). The van der Waals surface area contributed by atoms with E-state index in [2.05, 4.69) is 38.1 Å². The second-order valence-electron chi connectivity index (χ2n) is 7.14. The molecule has 0 heterocycles. The second kappa shape index (κ2) is 17.5. The van der Waals surface area contributed by atoms with E-state index in [1.807, 2.05) is 11.8 Å². The topological polar surface area (TPSA) is 96.3 Å². The number of thioether (sulfide) groups is 1. The molecule has 7 nitrogen and oxygen atoms in total. The summed E-state index contributed by atoms with van der Waals surface area (Å²) < 4.78 is 11.2. The molecular formula is C23H37NO6S. The lowest BCUT2D eigenvalue weighted by Crippen LogP contribution is -2.15. The van der Waals surface area contributed by atoms with Crippen LogP contribution in [0, 0.1) is 0 Å². The van der Waals surface area contributed by atoms with E-state index in [0.717, 1.165) is 30.2 Å². The number of nitrogens with zero attached hydrogens (tertiary/aromatic N) is 1. The molecule has 31 heavy (non-hydrogen) atoms. The largest absolute Gasteiger partial charge is 0.496 e. The molecule has 0 fully saturated rings. The van der Waals surface area contributed by atoms with Gasteiger partial charge in [-0.25, -0.2) is 9.59 Å². The maximum Gasteiger partial charge on any atom is 0.328 e. The lowest BCUT2D eigenvalue weighted by Gasteiger charge is -2.16. The predicted octanol–water partition coefficient (Wildman–Crippen LogP) is 4.58. The number of carbonyl (C=O) groups is 2. The van der Waals surface area contributed by atoms with Crippen LogP contribution in [0.5, 0.6) is 11.5 Å². The molecule has 0 saturated carbocycles. The average molecular weight is 456 g/mol. The number of ether oxygens (including phenoxy) is 2. The van der Waals surface area contributed by atoms with Crippen LogP contribution >= 0.6 is 11.8 Å². The first-order chi connectivity index (χ1) is 14.7. The summed E-state index contributed by atoms with van der Waals surface area (Å²) in [6.45, 7) is 3.26. The van der Waals surface area contributed by atoms with Crippen LogP contribution in [0.2, 0.25) is 0 Å². The monoisotopic (exact) mass is 455 g/mol. The summed E-state index contributed by atoms with van der Waals surface area (Å²) in [5.74, 6) is 0.569. The van der Waals surface area contributed by atoms with Crippen LogP contribution in [0.3, 0.4) is 0 Å². The number of rotatable bonds is 14. The first-order valence-electron chi connectivity index (χ1n) is 10.4. The van der Waals surface area contributed by atoms with Crippen LogP contribution in [0.15, 0.2) is 29.2 Å². The molecule has 0 unspecified atom stereocenters. The minimum absolute atomic E-state index is 0.558. The Labute approximate surface area is 190 Å². The van der Waals surface area contributed by atoms with E-state index in [-0.39, 0.29) is 0 Å². The van der Waals surface area contributed by atoms with Gasteiger partial charge in [-0.1, -0.05) is 32.6 Å². The zero-order valence-electron chi connectivity index (χ0n) is 19.3. The van der Waals surface area contributed by atoms with Gasteiger partial charge in [0.05, 0.1) is 19.1 Å². The van der Waals surface area contributed by atoms with Crippen LogP contribution in [0.1, 0.15) is 44.6 Å². The summed E-state index contributed by atoms with van der Waals surface area (Å²) in [6, 6.07) is 4.28. The van der Waals surface area contributed by atoms with Crippen molar-refractivity contribution in [1.82, 2.24) is 4.90 Å². The normalized spacial score (nSPS) is 10.6. The molecule has 0 radical (unpaired) electrons. The first-order valence-corrected chi connectivity index (χ1v) is 11.4. The maximum absolute atomic E-state index is 9.55. The van der Waals surface area contributed by atoms with Crippen LogP contribution in [0.4, 0.5) is 0 Å². The standard InChI is InChI=1S/C19H33NO2S.C4H4O4/c1-6-7-8-9-10-13-23-19-15-17(21-4)16(11-12-20(2)3)14-18(19)22-5;5-3(6)1-2-4(7)8/h14-15H,6-13H2,1-5H3;1-2H,(H,5,6)(H,7,8)/b;2-1-. The van der Waals surface area contributed by atoms with Crippen LogP contribution in [-0.2, 0) is 16.0 Å². The van der Waals surface area contributed by atoms with Gasteiger partial charge >= 0.3 is 11.9 Å². The first kappa shape index (κ1) is 28.8. The molecule has 0 aliphatic rings. The van der Waals surface area contributed by atoms with E-state index in [1.165, 1.54) is 42.6 Å². The van der Waals surface area contributed by atoms with E-state index < -0.39 is 11.9 Å². The third-order valence-electron chi connectivity index (χ3n) is 4.27. The second-order valence-corrected chi connectivity index (χ2v) is 8.28. The van der Waals surface area contributed by atoms with Gasteiger partial charge in [0.2, 0.25) is 0 Å². The van der Waals surface area contributed by atoms with Crippen molar-refractivity contribution in [3.63, 3.8) is 0 Å². The number of hydrogen-bond donors (Lipinski definition) is 2. The van der Waals surface area contributed by atoms with E-state index in [1.54, 1.807) is 14.2 Å². The maximum atomic E-state index is 9.55. The quantitative estimate of drug-likeness (QED) is 0.239. The van der Waals surface area contributed by atoms with Crippen LogP contribution in [-0.4, -0.2) is 67.7 Å². The van der Waals surface area contributed by atoms with Crippen molar-refractivity contribution in [3.8, 4) is 11.5 Å². The van der Waals surface area contributed by atoms with E-state index in [4.69, 9.17) is 19.7 Å². The van der Waals surface area contributed by atoms with Crippen LogP contribution in [0.25, 0.3) is 0 Å². The molecule has 1 aromatic carbocycles. The minimum atomic E-state index is -1.26. The molecule has 1 aromatic rings. The van der Waals surface area contributed by atoms with Crippen molar-refractivity contribution >= 4 is 23.7 Å². The van der Waals surface area contributed by atoms with E-state index in [0.29, 0.717) is 12.2 Å². The Morgan fingerprint density at radius 1 is 0.968 bits per heavy atom. The fourth-order valence-corrected chi connectivity index (χ4v) is 3.66. The summed E-state index contributed by atoms with van der Waals surface area (Å²) in [5.41, 5.74) is 1.21. The number of unbranched alkanes of at least 4 members (excludes halogenated alkanes) is 4. The Kier molecular flexibility index (Phi) is 16.3. The van der Waals surface area contributed by atoms with Crippen molar-refractivity contribution < 1.29 is 29.3 Å². The summed E-state index contributed by atoms with van der Waals surface area (Å²) in [4.78, 5) is 22.5. The predicted molar refractivity (Wildman–Crippen MR) is 126 cm³/mol. The lowest BCUT2D eigenvalue weighted by molar-refractivity contribution is -0.134. The van der Waals surface area contributed by atoms with Crippen molar-refractivity contribution in [3.05, 3.63) is 29.8 Å². The van der Waals surface area contributed by atoms with Gasteiger partial charge < -0.3 is 24.6 Å². The summed E-state index contributed by atoms with van der Waals surface area (Å²) in [6.07, 6.45) is 8.66. The summed E-state index contributed by atoms with van der Waals surface area (Å²) >= 11 is 1.88. The molecule has 2 N–H and O–H groups in total. The zero-order valence-corrected chi connectivity index (χ0v) is 20.2. The molecule has 0 saturated heterocycles. The Hall–Kier alpha value is -2.19. The number of carboxylic acids is 2. The molecule has 0 aromatic heterocycles. The molecule has 0 aliphatic carbocycles. The highest BCUT2D eigenvalue weighted by atomic mass is 32.2. The van der Waals surface area contributed by atoms with Crippen molar-refractivity contribution in [2.45, 2.75) is 50.3 Å². The highest BCUT2D eigenvalue weighted by Crippen LogP contribution is 2.36. The minimum Gasteiger partial charge on any atom is -0.496 e. The Bertz CT molecular complexity index is 675. The van der Waals surface area contributed by atoms with Crippen molar-refractivity contribution in [2.24, 2.45) is 0 Å². The van der Waals surface area contributed by atoms with Gasteiger partial charge in [-0.05, 0) is 50.4 Å². The molecule has 8 heteroatoms. The number of methoxy groups -OCH3 is 2. The molecule has 0 spiro atoms. The number of hydrogen-bond acceptors (Lipinski definition) is 6. The Morgan fingerprint density at radius 2 is 1.55 bits per heavy atom. The van der Waals surface area contributed by atoms with Gasteiger partial charge in [-0.3, -0.25) is 0 Å². The Balaban J connectivity index is 0.000000954. The summed E-state index contributed by atoms with van der Waals surface area (Å²) in [5, 5.41) is 15.6. The van der Waals surface area contributed by atoms with Gasteiger partial charge in [-0.2, -0.15) is 0 Å². The smallest absolute Gasteiger partial charge is 0.328 e. The van der Waals surface area contributed by atoms with Gasteiger partial charge in [0.15, 0.2) is 0 Å². The molecule has 176 valence electrons. The fraction of sp³-hybridized carbons (Fsp3) is 0.565. The SMILES string of the molecule is CCCCCCCSc1cc(OC)c(CCN(C)C)cc1OC.O=C(O)/C=C\C(=O)O. The fourth-order valence-electron chi connectivity index (χ4n) is 2.62. The highest BCUT2D eigenvalue weighted by molar-refractivity contribution is 7.99. The number of likely N-dealkylation sites (N-methyl/N-ethyl adjacent to an activating group) is 1. The molecule has 0 atom stereocenters. The van der Waals surface area contributed by atoms with Gasteiger partial charge in [0.1, 0.15) is 11.5 Å². The third-order valence-corrected chi connectivity index (χ3v) is 5.39. The van der Waals surface area contributed by atoms with Gasteiger partial charge in [0, 0.05) is 18.7 Å². The lowest BCUT2D eigenvalue weighted by atomic mass is 10.1. The number of aliphatic carboxylic acids is 2.